The minimum atomic E-state index is 0.342. The van der Waals surface area contributed by atoms with E-state index in [0.29, 0.717) is 6.04 Å². The third-order valence-electron chi connectivity index (χ3n) is 3.74. The Morgan fingerprint density at radius 1 is 0.950 bits per heavy atom. The van der Waals surface area contributed by atoms with Crippen molar-refractivity contribution in [3.8, 4) is 5.75 Å². The van der Waals surface area contributed by atoms with E-state index >= 15 is 0 Å². The van der Waals surface area contributed by atoms with E-state index in [9.17, 15) is 0 Å². The second-order valence-electron chi connectivity index (χ2n) is 4.99. The van der Waals surface area contributed by atoms with Crippen molar-refractivity contribution < 1.29 is 4.74 Å². The zero-order valence-electron chi connectivity index (χ0n) is 12.5. The number of aryl methyl sites for hydroxylation is 1. The molecule has 0 heterocycles. The first kappa shape index (κ1) is 14.6. The number of likely N-dealkylation sites (N-methyl/N-ethyl adjacent to an activating group) is 1. The molecule has 0 bridgehead atoms. The summed E-state index contributed by atoms with van der Waals surface area (Å²) in [5.41, 5.74) is 4.03. The van der Waals surface area contributed by atoms with E-state index < -0.39 is 0 Å². The van der Waals surface area contributed by atoms with Crippen LogP contribution in [0.15, 0.2) is 48.5 Å². The maximum Gasteiger partial charge on any atom is 0.118 e. The molecule has 2 aromatic carbocycles. The van der Waals surface area contributed by atoms with Gasteiger partial charge in [0.15, 0.2) is 0 Å². The molecule has 1 unspecified atom stereocenters. The van der Waals surface area contributed by atoms with Crippen molar-refractivity contribution in [2.45, 2.75) is 25.8 Å². The predicted molar refractivity (Wildman–Crippen MR) is 84.3 cm³/mol. The molecular weight excluding hydrogens is 246 g/mol. The predicted octanol–water partition coefficient (Wildman–Crippen LogP) is 3.76. The average Bonchev–Trinajstić information content (AvgIpc) is 2.53. The first-order valence-electron chi connectivity index (χ1n) is 7.15. The molecule has 20 heavy (non-hydrogen) atoms. The van der Waals surface area contributed by atoms with Gasteiger partial charge in [0.25, 0.3) is 0 Å². The summed E-state index contributed by atoms with van der Waals surface area (Å²) in [6.07, 6.45) is 2.06. The minimum absolute atomic E-state index is 0.342. The Hall–Kier alpha value is -1.80. The van der Waals surface area contributed by atoms with E-state index in [4.69, 9.17) is 4.74 Å². The molecule has 0 spiro atoms. The van der Waals surface area contributed by atoms with E-state index in [1.165, 1.54) is 16.7 Å². The summed E-state index contributed by atoms with van der Waals surface area (Å²) in [5.74, 6) is 0.905. The monoisotopic (exact) mass is 269 g/mol. The first-order valence-corrected chi connectivity index (χ1v) is 7.15. The highest BCUT2D eigenvalue weighted by atomic mass is 16.5. The Morgan fingerprint density at radius 2 is 1.55 bits per heavy atom. The zero-order valence-corrected chi connectivity index (χ0v) is 12.5. The van der Waals surface area contributed by atoms with Crippen LogP contribution in [0.25, 0.3) is 0 Å². The molecule has 0 saturated heterocycles. The fourth-order valence-corrected chi connectivity index (χ4v) is 2.37. The lowest BCUT2D eigenvalue weighted by Crippen LogP contribution is -2.18. The van der Waals surface area contributed by atoms with E-state index in [2.05, 4.69) is 48.6 Å². The van der Waals surface area contributed by atoms with Gasteiger partial charge in [-0.15, -0.1) is 0 Å². The van der Waals surface area contributed by atoms with Gasteiger partial charge in [0.1, 0.15) is 5.75 Å². The summed E-state index contributed by atoms with van der Waals surface area (Å²) in [4.78, 5) is 0. The average molecular weight is 269 g/mol. The normalized spacial score (nSPS) is 12.2. The smallest absolute Gasteiger partial charge is 0.118 e. The van der Waals surface area contributed by atoms with Gasteiger partial charge in [0.2, 0.25) is 0 Å². The maximum absolute atomic E-state index is 5.20. The number of rotatable bonds is 6. The molecule has 0 fully saturated rings. The SMILES string of the molecule is CCc1ccc(C(Cc2ccc(OC)cc2)NC)cc1. The summed E-state index contributed by atoms with van der Waals surface area (Å²) in [6.45, 7) is 2.18. The number of ether oxygens (including phenoxy) is 1. The lowest BCUT2D eigenvalue weighted by atomic mass is 9.97. The molecule has 0 aliphatic heterocycles. The van der Waals surface area contributed by atoms with Crippen LogP contribution in [0, 0.1) is 0 Å². The van der Waals surface area contributed by atoms with Crippen LogP contribution in [0.4, 0.5) is 0 Å². The molecule has 1 atom stereocenters. The molecular formula is C18H23NO. The number of benzene rings is 2. The van der Waals surface area contributed by atoms with Gasteiger partial charge in [-0.2, -0.15) is 0 Å². The molecule has 0 saturated carbocycles. The topological polar surface area (TPSA) is 21.3 Å². The van der Waals surface area contributed by atoms with Crippen molar-refractivity contribution in [1.29, 1.82) is 0 Å². The van der Waals surface area contributed by atoms with Gasteiger partial charge in [0, 0.05) is 6.04 Å². The molecule has 2 rings (SSSR count). The largest absolute Gasteiger partial charge is 0.497 e. The van der Waals surface area contributed by atoms with Gasteiger partial charge in [-0.25, -0.2) is 0 Å². The Kier molecular flexibility index (Phi) is 5.19. The lowest BCUT2D eigenvalue weighted by Gasteiger charge is -2.17. The number of nitrogens with one attached hydrogen (secondary N) is 1. The van der Waals surface area contributed by atoms with E-state index in [1.807, 2.05) is 19.2 Å². The summed E-state index contributed by atoms with van der Waals surface area (Å²) < 4.78 is 5.20. The fraction of sp³-hybridized carbons (Fsp3) is 0.333. The van der Waals surface area contributed by atoms with E-state index in [-0.39, 0.29) is 0 Å². The van der Waals surface area contributed by atoms with Gasteiger partial charge in [0.05, 0.1) is 7.11 Å². The highest BCUT2D eigenvalue weighted by Gasteiger charge is 2.10. The van der Waals surface area contributed by atoms with E-state index in [0.717, 1.165) is 18.6 Å². The summed E-state index contributed by atoms with van der Waals surface area (Å²) in [6, 6.07) is 17.5. The molecule has 0 aliphatic carbocycles. The van der Waals surface area contributed by atoms with Crippen LogP contribution in [-0.4, -0.2) is 14.2 Å². The van der Waals surface area contributed by atoms with Gasteiger partial charge < -0.3 is 10.1 Å². The van der Waals surface area contributed by atoms with Crippen LogP contribution in [-0.2, 0) is 12.8 Å². The molecule has 0 amide bonds. The highest BCUT2D eigenvalue weighted by Crippen LogP contribution is 2.20. The van der Waals surface area contributed by atoms with Crippen molar-refractivity contribution in [3.05, 3.63) is 65.2 Å². The van der Waals surface area contributed by atoms with Crippen molar-refractivity contribution in [2.24, 2.45) is 0 Å². The van der Waals surface area contributed by atoms with Crippen molar-refractivity contribution in [3.63, 3.8) is 0 Å². The number of hydrogen-bond acceptors (Lipinski definition) is 2. The summed E-state index contributed by atoms with van der Waals surface area (Å²) in [7, 11) is 3.71. The standard InChI is InChI=1S/C18H23NO/c1-4-14-5-9-16(10-6-14)18(19-2)13-15-7-11-17(20-3)12-8-15/h5-12,18-19H,4,13H2,1-3H3. The van der Waals surface area contributed by atoms with Crippen LogP contribution >= 0.6 is 0 Å². The van der Waals surface area contributed by atoms with Crippen molar-refractivity contribution in [1.82, 2.24) is 5.32 Å². The van der Waals surface area contributed by atoms with Gasteiger partial charge in [-0.3, -0.25) is 0 Å². The molecule has 2 nitrogen and oxygen atoms in total. The molecule has 106 valence electrons. The van der Waals surface area contributed by atoms with Crippen LogP contribution in [0.2, 0.25) is 0 Å². The van der Waals surface area contributed by atoms with E-state index in [1.54, 1.807) is 7.11 Å². The van der Waals surface area contributed by atoms with Gasteiger partial charge in [-0.05, 0) is 48.7 Å². The van der Waals surface area contributed by atoms with Gasteiger partial charge >= 0.3 is 0 Å². The van der Waals surface area contributed by atoms with Crippen LogP contribution in [0.3, 0.4) is 0 Å². The molecule has 0 radical (unpaired) electrons. The van der Waals surface area contributed by atoms with Crippen molar-refractivity contribution in [2.75, 3.05) is 14.2 Å². The van der Waals surface area contributed by atoms with Crippen molar-refractivity contribution >= 4 is 0 Å². The molecule has 2 heteroatoms. The van der Waals surface area contributed by atoms with Crippen LogP contribution in [0.1, 0.15) is 29.7 Å². The number of methoxy groups -OCH3 is 1. The lowest BCUT2D eigenvalue weighted by molar-refractivity contribution is 0.414. The Bertz CT molecular complexity index is 516. The Morgan fingerprint density at radius 3 is 2.05 bits per heavy atom. The fourth-order valence-electron chi connectivity index (χ4n) is 2.37. The molecule has 2 aromatic rings. The van der Waals surface area contributed by atoms with Crippen LogP contribution < -0.4 is 10.1 Å². The third-order valence-corrected chi connectivity index (χ3v) is 3.74. The van der Waals surface area contributed by atoms with Gasteiger partial charge in [-0.1, -0.05) is 43.3 Å². The summed E-state index contributed by atoms with van der Waals surface area (Å²) in [5, 5.41) is 3.40. The maximum atomic E-state index is 5.20. The highest BCUT2D eigenvalue weighted by molar-refractivity contribution is 5.30. The quantitative estimate of drug-likeness (QED) is 0.862. The zero-order chi connectivity index (χ0) is 14.4. The minimum Gasteiger partial charge on any atom is -0.497 e. The molecule has 0 aromatic heterocycles. The second-order valence-corrected chi connectivity index (χ2v) is 4.99. The third kappa shape index (κ3) is 3.61. The summed E-state index contributed by atoms with van der Waals surface area (Å²) >= 11 is 0. The first-order chi connectivity index (χ1) is 9.76. The Labute approximate surface area is 121 Å². The van der Waals surface area contributed by atoms with Crippen LogP contribution in [0.5, 0.6) is 5.75 Å². The number of hydrogen-bond donors (Lipinski definition) is 1. The Balaban J connectivity index is 2.10. The molecule has 0 aliphatic rings. The second kappa shape index (κ2) is 7.11. The molecule has 1 N–H and O–H groups in total.